The van der Waals surface area contributed by atoms with Crippen molar-refractivity contribution in [2.45, 2.75) is 19.8 Å². The Hall–Kier alpha value is -2.34. The van der Waals surface area contributed by atoms with Gasteiger partial charge in [0.1, 0.15) is 11.5 Å². The first-order valence-electron chi connectivity index (χ1n) is 7.26. The molecule has 122 valence electrons. The molecule has 1 aromatic carbocycles. The van der Waals surface area contributed by atoms with Gasteiger partial charge in [-0.1, -0.05) is 6.08 Å². The number of rotatable bonds is 8. The second-order valence-corrected chi connectivity index (χ2v) is 5.75. The maximum absolute atomic E-state index is 5.42. The van der Waals surface area contributed by atoms with Crippen molar-refractivity contribution in [1.82, 2.24) is 4.98 Å². The lowest BCUT2D eigenvalue weighted by atomic mass is 10.1. The minimum absolute atomic E-state index is 0.729. The highest BCUT2D eigenvalue weighted by Crippen LogP contribution is 2.34. The number of hydrogen-bond acceptors (Lipinski definition) is 6. The monoisotopic (exact) mass is 331 g/mol. The summed E-state index contributed by atoms with van der Waals surface area (Å²) in [5, 5.41) is 7.04. The van der Waals surface area contributed by atoms with E-state index in [0.29, 0.717) is 0 Å². The Balaban J connectivity index is 2.14. The van der Waals surface area contributed by atoms with Gasteiger partial charge in [-0.15, -0.1) is 17.9 Å². The van der Waals surface area contributed by atoms with Crippen LogP contribution in [0.15, 0.2) is 41.3 Å². The molecular formula is C17H21N3O2S. The molecule has 0 amide bonds. The Bertz CT molecular complexity index is 695. The van der Waals surface area contributed by atoms with Crippen LogP contribution in [0.4, 0.5) is 5.13 Å². The molecule has 0 fully saturated rings. The molecule has 23 heavy (non-hydrogen) atoms. The van der Waals surface area contributed by atoms with E-state index in [1.807, 2.05) is 36.6 Å². The average molecular weight is 331 g/mol. The summed E-state index contributed by atoms with van der Waals surface area (Å²) >= 11 is 1.50. The molecule has 1 aromatic heterocycles. The Morgan fingerprint density at radius 3 is 2.91 bits per heavy atom. The molecule has 6 heteroatoms. The molecule has 0 spiro atoms. The summed E-state index contributed by atoms with van der Waals surface area (Å²) in [4.78, 5) is 4.56. The standard InChI is InChI=1S/C17H21N3O2S/c1-5-6-7-12(2)19-20-17-18-15(11-23-17)14-9-8-13(21-3)10-16(14)22-4/h5,8-11H,1,6-7H2,2-4H3,(H,18,20)/b19-12+. The van der Waals surface area contributed by atoms with Crippen LogP contribution in [0.1, 0.15) is 19.8 Å². The van der Waals surface area contributed by atoms with Crippen LogP contribution in [0.2, 0.25) is 0 Å². The quantitative estimate of drug-likeness (QED) is 0.437. The summed E-state index contributed by atoms with van der Waals surface area (Å²) < 4.78 is 10.6. The summed E-state index contributed by atoms with van der Waals surface area (Å²) in [7, 11) is 3.27. The fourth-order valence-corrected chi connectivity index (χ4v) is 2.62. The molecule has 0 saturated carbocycles. The summed E-state index contributed by atoms with van der Waals surface area (Å²) in [5.74, 6) is 1.48. The van der Waals surface area contributed by atoms with Gasteiger partial charge in [-0.05, 0) is 31.9 Å². The van der Waals surface area contributed by atoms with Gasteiger partial charge in [-0.25, -0.2) is 4.98 Å². The van der Waals surface area contributed by atoms with Crippen molar-refractivity contribution in [3.8, 4) is 22.8 Å². The van der Waals surface area contributed by atoms with Gasteiger partial charge in [-0.2, -0.15) is 5.10 Å². The second kappa shape index (κ2) is 8.33. The topological polar surface area (TPSA) is 55.7 Å². The first-order chi connectivity index (χ1) is 11.2. The number of nitrogens with one attached hydrogen (secondary N) is 1. The number of allylic oxidation sites excluding steroid dienone is 1. The summed E-state index contributed by atoms with van der Waals surface area (Å²) in [5.41, 5.74) is 5.78. The highest BCUT2D eigenvalue weighted by molar-refractivity contribution is 7.14. The minimum atomic E-state index is 0.729. The van der Waals surface area contributed by atoms with Gasteiger partial charge < -0.3 is 9.47 Å². The zero-order valence-electron chi connectivity index (χ0n) is 13.6. The Kier molecular flexibility index (Phi) is 6.17. The number of aromatic nitrogens is 1. The van der Waals surface area contributed by atoms with Crippen LogP contribution >= 0.6 is 11.3 Å². The molecule has 0 bridgehead atoms. The molecule has 0 aliphatic rings. The van der Waals surface area contributed by atoms with Crippen molar-refractivity contribution in [1.29, 1.82) is 0 Å². The van der Waals surface area contributed by atoms with Crippen LogP contribution in [0.25, 0.3) is 11.3 Å². The number of nitrogens with zero attached hydrogens (tertiary/aromatic N) is 2. The van der Waals surface area contributed by atoms with Gasteiger partial charge in [0.25, 0.3) is 0 Å². The zero-order valence-corrected chi connectivity index (χ0v) is 14.4. The molecule has 5 nitrogen and oxygen atoms in total. The van der Waals surface area contributed by atoms with Gasteiger partial charge in [0.05, 0.1) is 19.9 Å². The number of methoxy groups -OCH3 is 2. The molecule has 1 N–H and O–H groups in total. The van der Waals surface area contributed by atoms with Gasteiger partial charge in [0.15, 0.2) is 0 Å². The van der Waals surface area contributed by atoms with E-state index in [4.69, 9.17) is 9.47 Å². The van der Waals surface area contributed by atoms with Crippen molar-refractivity contribution in [2.24, 2.45) is 5.10 Å². The van der Waals surface area contributed by atoms with Gasteiger partial charge in [0.2, 0.25) is 5.13 Å². The lowest BCUT2D eigenvalue weighted by Crippen LogP contribution is -1.97. The fourth-order valence-electron chi connectivity index (χ4n) is 1.97. The van der Waals surface area contributed by atoms with E-state index in [1.54, 1.807) is 14.2 Å². The third-order valence-corrected chi connectivity index (χ3v) is 3.99. The molecule has 0 atom stereocenters. The largest absolute Gasteiger partial charge is 0.497 e. The third kappa shape index (κ3) is 4.56. The molecule has 0 aliphatic carbocycles. The minimum Gasteiger partial charge on any atom is -0.497 e. The molecule has 2 rings (SSSR count). The number of hydrogen-bond donors (Lipinski definition) is 1. The normalized spacial score (nSPS) is 11.2. The van der Waals surface area contributed by atoms with Gasteiger partial charge in [-0.3, -0.25) is 5.43 Å². The molecule has 0 aliphatic heterocycles. The van der Waals surface area contributed by atoms with Crippen LogP contribution in [0.3, 0.4) is 0 Å². The van der Waals surface area contributed by atoms with E-state index < -0.39 is 0 Å². The van der Waals surface area contributed by atoms with E-state index >= 15 is 0 Å². The fraction of sp³-hybridized carbons (Fsp3) is 0.294. The van der Waals surface area contributed by atoms with Crippen molar-refractivity contribution in [3.63, 3.8) is 0 Å². The Morgan fingerprint density at radius 1 is 1.39 bits per heavy atom. The van der Waals surface area contributed by atoms with Crippen molar-refractivity contribution in [2.75, 3.05) is 19.6 Å². The van der Waals surface area contributed by atoms with Gasteiger partial charge >= 0.3 is 0 Å². The predicted octanol–water partition coefficient (Wildman–Crippen LogP) is 4.58. The number of thiazole rings is 1. The van der Waals surface area contributed by atoms with Crippen LogP contribution in [-0.4, -0.2) is 24.9 Å². The van der Waals surface area contributed by atoms with Gasteiger partial charge in [0, 0.05) is 22.7 Å². The predicted molar refractivity (Wildman–Crippen MR) is 96.8 cm³/mol. The zero-order chi connectivity index (χ0) is 16.7. The smallest absolute Gasteiger partial charge is 0.203 e. The van der Waals surface area contributed by atoms with E-state index in [1.165, 1.54) is 11.3 Å². The summed E-state index contributed by atoms with van der Waals surface area (Å²) in [6, 6.07) is 5.68. The maximum atomic E-state index is 5.42. The lowest BCUT2D eigenvalue weighted by molar-refractivity contribution is 0.395. The highest BCUT2D eigenvalue weighted by atomic mass is 32.1. The van der Waals surface area contributed by atoms with Crippen LogP contribution in [0, 0.1) is 0 Å². The second-order valence-electron chi connectivity index (χ2n) is 4.89. The van der Waals surface area contributed by atoms with Crippen molar-refractivity contribution in [3.05, 3.63) is 36.2 Å². The Labute approximate surface area is 140 Å². The number of anilines is 1. The molecular weight excluding hydrogens is 310 g/mol. The van der Waals surface area contributed by atoms with E-state index in [-0.39, 0.29) is 0 Å². The molecule has 2 aromatic rings. The van der Waals surface area contributed by atoms with Crippen molar-refractivity contribution >= 4 is 22.2 Å². The van der Waals surface area contributed by atoms with Crippen LogP contribution in [-0.2, 0) is 0 Å². The molecule has 0 radical (unpaired) electrons. The Morgan fingerprint density at radius 2 is 2.22 bits per heavy atom. The van der Waals surface area contributed by atoms with E-state index in [0.717, 1.165) is 46.4 Å². The van der Waals surface area contributed by atoms with E-state index in [9.17, 15) is 0 Å². The van der Waals surface area contributed by atoms with Crippen molar-refractivity contribution < 1.29 is 9.47 Å². The SMILES string of the molecule is C=CCC/C(C)=N/Nc1nc(-c2ccc(OC)cc2OC)cs1. The maximum Gasteiger partial charge on any atom is 0.203 e. The van der Waals surface area contributed by atoms with E-state index in [2.05, 4.69) is 22.1 Å². The number of ether oxygens (including phenoxy) is 2. The molecule has 1 heterocycles. The highest BCUT2D eigenvalue weighted by Gasteiger charge is 2.11. The molecule has 0 unspecified atom stereocenters. The molecule has 0 saturated heterocycles. The first kappa shape index (κ1) is 17.0. The first-order valence-corrected chi connectivity index (χ1v) is 8.14. The summed E-state index contributed by atoms with van der Waals surface area (Å²) in [6.45, 7) is 5.69. The third-order valence-electron chi connectivity index (χ3n) is 3.24. The number of benzene rings is 1. The number of hydrazone groups is 1. The average Bonchev–Trinajstić information content (AvgIpc) is 3.06. The van der Waals surface area contributed by atoms with Crippen LogP contribution in [0.5, 0.6) is 11.5 Å². The van der Waals surface area contributed by atoms with Crippen LogP contribution < -0.4 is 14.9 Å². The summed E-state index contributed by atoms with van der Waals surface area (Å²) in [6.07, 6.45) is 3.70. The lowest BCUT2D eigenvalue weighted by Gasteiger charge is -2.08.